The van der Waals surface area contributed by atoms with Gasteiger partial charge in [0, 0.05) is 36.4 Å². The molecule has 156 valence electrons. The van der Waals surface area contributed by atoms with Crippen LogP contribution < -0.4 is 11.5 Å². The Bertz CT molecular complexity index is 1200. The summed E-state index contributed by atoms with van der Waals surface area (Å²) in [6.07, 6.45) is 0. The summed E-state index contributed by atoms with van der Waals surface area (Å²) in [5, 5.41) is 1.54. The van der Waals surface area contributed by atoms with Crippen molar-refractivity contribution < 1.29 is 14.3 Å². The van der Waals surface area contributed by atoms with Crippen molar-refractivity contribution in [3.8, 4) is 0 Å². The minimum absolute atomic E-state index is 0.210. The molecule has 0 amide bonds. The van der Waals surface area contributed by atoms with Crippen molar-refractivity contribution in [2.24, 2.45) is 0 Å². The van der Waals surface area contributed by atoms with Gasteiger partial charge in [-0.15, -0.1) is 22.7 Å². The molecule has 0 saturated carbocycles. The summed E-state index contributed by atoms with van der Waals surface area (Å²) in [6, 6.07) is 3.86. The predicted molar refractivity (Wildman–Crippen MR) is 122 cm³/mol. The average molecular weight is 443 g/mol. The van der Waals surface area contributed by atoms with Crippen molar-refractivity contribution in [3.63, 3.8) is 0 Å². The number of rotatable bonds is 6. The molecule has 4 aromatic rings. The molecule has 4 rings (SSSR count). The van der Waals surface area contributed by atoms with Gasteiger partial charge in [0.2, 0.25) is 5.78 Å². The molecule has 4 aromatic heterocycles. The Labute approximate surface area is 181 Å². The fourth-order valence-corrected chi connectivity index (χ4v) is 5.98. The number of aromatic nitrogens is 2. The van der Waals surface area contributed by atoms with Crippen LogP contribution in [-0.4, -0.2) is 30.0 Å². The van der Waals surface area contributed by atoms with Crippen LogP contribution >= 0.6 is 22.7 Å². The van der Waals surface area contributed by atoms with Crippen LogP contribution in [-0.2, 0) is 22.7 Å². The molecule has 0 fully saturated rings. The lowest BCUT2D eigenvalue weighted by Gasteiger charge is -2.05. The zero-order valence-corrected chi connectivity index (χ0v) is 18.8. The molecule has 0 aliphatic rings. The Morgan fingerprint density at radius 1 is 0.867 bits per heavy atom. The molecule has 0 bridgehead atoms. The van der Waals surface area contributed by atoms with Crippen LogP contribution in [0, 0.1) is 13.8 Å². The van der Waals surface area contributed by atoms with E-state index in [1.165, 1.54) is 22.7 Å². The molecule has 7 nitrogen and oxygen atoms in total. The van der Waals surface area contributed by atoms with Gasteiger partial charge in [0.05, 0.1) is 24.6 Å². The number of nitrogens with two attached hydrogens (primary N) is 2. The lowest BCUT2D eigenvalue weighted by Crippen LogP contribution is -2.03. The second kappa shape index (κ2) is 7.92. The third kappa shape index (κ3) is 3.33. The van der Waals surface area contributed by atoms with Gasteiger partial charge in [0.25, 0.3) is 0 Å². The van der Waals surface area contributed by atoms with E-state index >= 15 is 0 Å². The van der Waals surface area contributed by atoms with E-state index in [1.807, 2.05) is 26.0 Å². The first-order chi connectivity index (χ1) is 14.3. The van der Waals surface area contributed by atoms with Crippen molar-refractivity contribution in [2.45, 2.75) is 27.1 Å². The second-order valence-corrected chi connectivity index (χ2v) is 9.09. The summed E-state index contributed by atoms with van der Waals surface area (Å²) in [5.41, 5.74) is 17.2. The summed E-state index contributed by atoms with van der Waals surface area (Å²) in [6.45, 7) is 4.60. The molecule has 0 radical (unpaired) electrons. The number of ketones is 1. The molecule has 0 spiro atoms. The van der Waals surface area contributed by atoms with Gasteiger partial charge < -0.3 is 20.9 Å². The largest absolute Gasteiger partial charge is 0.397 e. The lowest BCUT2D eigenvalue weighted by molar-refractivity contribution is 0.104. The number of fused-ring (bicyclic) bond motifs is 2. The van der Waals surface area contributed by atoms with Gasteiger partial charge in [-0.05, 0) is 37.1 Å². The van der Waals surface area contributed by atoms with E-state index in [4.69, 9.17) is 20.9 Å². The minimum Gasteiger partial charge on any atom is -0.397 e. The molecule has 0 aromatic carbocycles. The van der Waals surface area contributed by atoms with Crippen LogP contribution in [0.3, 0.4) is 0 Å². The number of ether oxygens (including phenoxy) is 2. The van der Waals surface area contributed by atoms with Gasteiger partial charge in [0.15, 0.2) is 0 Å². The number of anilines is 2. The maximum Gasteiger partial charge on any atom is 0.217 e. The topological polar surface area (TPSA) is 113 Å². The van der Waals surface area contributed by atoms with Gasteiger partial charge >= 0.3 is 0 Å². The van der Waals surface area contributed by atoms with Crippen LogP contribution in [0.2, 0.25) is 0 Å². The zero-order chi connectivity index (χ0) is 21.6. The Morgan fingerprint density at radius 2 is 1.27 bits per heavy atom. The number of hydrogen-bond donors (Lipinski definition) is 2. The van der Waals surface area contributed by atoms with Crippen molar-refractivity contribution >= 4 is 60.3 Å². The van der Waals surface area contributed by atoms with E-state index < -0.39 is 0 Å². The number of nitrogen functional groups attached to an aromatic ring is 2. The van der Waals surface area contributed by atoms with Crippen LogP contribution in [0.25, 0.3) is 20.4 Å². The SMILES string of the molecule is COCc1cc(C)nc2sc(C(=O)c3sc4nc(C)cc(COC)c4c3N)c(N)c12. The van der Waals surface area contributed by atoms with E-state index in [0.29, 0.717) is 34.3 Å². The highest BCUT2D eigenvalue weighted by Gasteiger charge is 2.26. The number of aryl methyl sites for hydroxylation is 2. The normalized spacial score (nSPS) is 11.6. The van der Waals surface area contributed by atoms with E-state index in [9.17, 15) is 4.79 Å². The lowest BCUT2D eigenvalue weighted by atomic mass is 10.1. The molecule has 0 aliphatic carbocycles. The quantitative estimate of drug-likeness (QED) is 0.430. The van der Waals surface area contributed by atoms with Gasteiger partial charge in [-0.25, -0.2) is 9.97 Å². The molecule has 4 N–H and O–H groups in total. The Hall–Kier alpha value is -2.59. The standard InChI is InChI=1S/C21H22N4O3S2/c1-9-5-11(7-27-3)13-15(22)18(29-20(13)24-9)17(26)19-16(23)14-12(8-28-4)6-10(2)25-21(14)30-19/h5-6H,7-8,22-23H2,1-4H3. The van der Waals surface area contributed by atoms with Crippen LogP contribution in [0.4, 0.5) is 11.4 Å². The van der Waals surface area contributed by atoms with E-state index in [2.05, 4.69) is 9.97 Å². The number of thiophene rings is 2. The van der Waals surface area contributed by atoms with E-state index in [0.717, 1.165) is 42.9 Å². The van der Waals surface area contributed by atoms with Crippen molar-refractivity contribution in [1.29, 1.82) is 0 Å². The predicted octanol–water partition coefficient (Wildman–Crippen LogP) is 4.21. The average Bonchev–Trinajstić information content (AvgIpc) is 3.19. The molecule has 0 unspecified atom stereocenters. The number of hydrogen-bond acceptors (Lipinski definition) is 9. The molecule has 9 heteroatoms. The Balaban J connectivity index is 1.90. The summed E-state index contributed by atoms with van der Waals surface area (Å²) >= 11 is 2.56. The molecule has 0 atom stereocenters. The second-order valence-electron chi connectivity index (χ2n) is 7.09. The number of carbonyl (C=O) groups is 1. The maximum absolute atomic E-state index is 13.5. The van der Waals surface area contributed by atoms with Crippen molar-refractivity contribution in [2.75, 3.05) is 25.7 Å². The van der Waals surface area contributed by atoms with Crippen LogP contribution in [0.1, 0.15) is 37.1 Å². The number of methoxy groups -OCH3 is 2. The fourth-order valence-electron chi connectivity index (χ4n) is 3.65. The van der Waals surface area contributed by atoms with Crippen molar-refractivity contribution in [1.82, 2.24) is 9.97 Å². The summed E-state index contributed by atoms with van der Waals surface area (Å²) in [5.74, 6) is -0.210. The first-order valence-corrected chi connectivity index (χ1v) is 10.9. The van der Waals surface area contributed by atoms with Crippen LogP contribution in [0.15, 0.2) is 12.1 Å². The zero-order valence-electron chi connectivity index (χ0n) is 17.2. The Kier molecular flexibility index (Phi) is 5.46. The van der Waals surface area contributed by atoms with Crippen molar-refractivity contribution in [3.05, 3.63) is 44.4 Å². The molecule has 30 heavy (non-hydrogen) atoms. The van der Waals surface area contributed by atoms with Gasteiger partial charge in [-0.2, -0.15) is 0 Å². The maximum atomic E-state index is 13.5. The summed E-state index contributed by atoms with van der Waals surface area (Å²) in [7, 11) is 3.25. The summed E-state index contributed by atoms with van der Waals surface area (Å²) < 4.78 is 10.6. The smallest absolute Gasteiger partial charge is 0.217 e. The number of carbonyl (C=O) groups excluding carboxylic acids is 1. The molecule has 0 aliphatic heterocycles. The first kappa shape index (κ1) is 20.7. The Morgan fingerprint density at radius 3 is 1.63 bits per heavy atom. The highest BCUT2D eigenvalue weighted by molar-refractivity contribution is 7.24. The number of pyridine rings is 2. The highest BCUT2D eigenvalue weighted by Crippen LogP contribution is 2.41. The van der Waals surface area contributed by atoms with Gasteiger partial charge in [0.1, 0.15) is 19.4 Å². The monoisotopic (exact) mass is 442 g/mol. The van der Waals surface area contributed by atoms with E-state index in [1.54, 1.807) is 14.2 Å². The molecular formula is C21H22N4O3S2. The third-order valence-electron chi connectivity index (χ3n) is 4.83. The van der Waals surface area contributed by atoms with E-state index in [-0.39, 0.29) is 5.78 Å². The molecule has 0 saturated heterocycles. The van der Waals surface area contributed by atoms with Gasteiger partial charge in [-0.1, -0.05) is 0 Å². The third-order valence-corrected chi connectivity index (χ3v) is 7.03. The molecule has 4 heterocycles. The summed E-state index contributed by atoms with van der Waals surface area (Å²) in [4.78, 5) is 24.9. The van der Waals surface area contributed by atoms with Gasteiger partial charge in [-0.3, -0.25) is 4.79 Å². The minimum atomic E-state index is -0.210. The van der Waals surface area contributed by atoms with Crippen LogP contribution in [0.5, 0.6) is 0 Å². The number of nitrogens with zero attached hydrogens (tertiary/aromatic N) is 2. The molecular weight excluding hydrogens is 420 g/mol. The highest BCUT2D eigenvalue weighted by atomic mass is 32.1. The first-order valence-electron chi connectivity index (χ1n) is 9.25. The fraction of sp³-hybridized carbons (Fsp3) is 0.286.